The first kappa shape index (κ1) is 17.4. The van der Waals surface area contributed by atoms with E-state index in [1.165, 1.54) is 12.4 Å². The monoisotopic (exact) mass is 344 g/mol. The number of halogens is 1. The molecule has 0 aliphatic carbocycles. The minimum atomic E-state index is -0.212. The third kappa shape index (κ3) is 4.36. The number of rotatable bonds is 6. The summed E-state index contributed by atoms with van der Waals surface area (Å²) in [6.45, 7) is 9.66. The molecular weight excluding hydrogens is 319 g/mol. The highest BCUT2D eigenvalue weighted by molar-refractivity contribution is 5.63. The molecule has 0 unspecified atom stereocenters. The standard InChI is InChI=1S/C18H25FN6/c1-3-20-17-12-18(22-13-21-17)23-14-5-6-16(15(19)11-14)25-9-7-24(4-2)8-10-25/h5-6,11-13H,3-4,7-10H2,1-2H3,(H2,20,21,22,23). The highest BCUT2D eigenvalue weighted by atomic mass is 19.1. The van der Waals surface area contributed by atoms with Gasteiger partial charge < -0.3 is 20.4 Å². The van der Waals surface area contributed by atoms with E-state index in [4.69, 9.17) is 0 Å². The topological polar surface area (TPSA) is 56.3 Å². The van der Waals surface area contributed by atoms with Gasteiger partial charge in [0.15, 0.2) is 0 Å². The fourth-order valence-electron chi connectivity index (χ4n) is 3.00. The molecule has 2 N–H and O–H groups in total. The van der Waals surface area contributed by atoms with Crippen LogP contribution in [0.1, 0.15) is 13.8 Å². The van der Waals surface area contributed by atoms with Crippen molar-refractivity contribution in [3.8, 4) is 0 Å². The summed E-state index contributed by atoms with van der Waals surface area (Å²) in [5.41, 5.74) is 1.34. The number of hydrogen-bond acceptors (Lipinski definition) is 6. The number of piperazine rings is 1. The van der Waals surface area contributed by atoms with Crippen molar-refractivity contribution in [3.63, 3.8) is 0 Å². The summed E-state index contributed by atoms with van der Waals surface area (Å²) in [5, 5.41) is 6.26. The number of aromatic nitrogens is 2. The van der Waals surface area contributed by atoms with Crippen LogP contribution in [0.2, 0.25) is 0 Å². The van der Waals surface area contributed by atoms with Crippen LogP contribution < -0.4 is 15.5 Å². The summed E-state index contributed by atoms with van der Waals surface area (Å²) in [6, 6.07) is 7.06. The summed E-state index contributed by atoms with van der Waals surface area (Å²) in [4.78, 5) is 12.8. The van der Waals surface area contributed by atoms with Gasteiger partial charge in [-0.3, -0.25) is 0 Å². The normalized spacial score (nSPS) is 15.2. The Hall–Kier alpha value is -2.41. The second-order valence-corrected chi connectivity index (χ2v) is 6.03. The Morgan fingerprint density at radius 3 is 2.48 bits per heavy atom. The minimum Gasteiger partial charge on any atom is -0.370 e. The van der Waals surface area contributed by atoms with Crippen LogP contribution in [0.3, 0.4) is 0 Å². The molecule has 0 saturated carbocycles. The molecule has 0 spiro atoms. The van der Waals surface area contributed by atoms with Crippen molar-refractivity contribution in [2.24, 2.45) is 0 Å². The number of hydrogen-bond donors (Lipinski definition) is 2. The van der Waals surface area contributed by atoms with Gasteiger partial charge in [0.05, 0.1) is 5.69 Å². The molecule has 1 aromatic heterocycles. The van der Waals surface area contributed by atoms with Crippen LogP contribution in [0.4, 0.5) is 27.4 Å². The van der Waals surface area contributed by atoms with Gasteiger partial charge in [0, 0.05) is 44.5 Å². The largest absolute Gasteiger partial charge is 0.370 e. The number of nitrogens with zero attached hydrogens (tertiary/aromatic N) is 4. The van der Waals surface area contributed by atoms with E-state index in [9.17, 15) is 4.39 Å². The molecule has 2 heterocycles. The number of nitrogens with one attached hydrogen (secondary N) is 2. The fraction of sp³-hybridized carbons (Fsp3) is 0.444. The van der Waals surface area contributed by atoms with Crippen molar-refractivity contribution >= 4 is 23.0 Å². The predicted molar refractivity (Wildman–Crippen MR) is 100 cm³/mol. The van der Waals surface area contributed by atoms with Gasteiger partial charge in [0.1, 0.15) is 23.8 Å². The molecule has 0 atom stereocenters. The first-order valence-electron chi connectivity index (χ1n) is 8.79. The number of likely N-dealkylation sites (N-methyl/N-ethyl adjacent to an activating group) is 1. The highest BCUT2D eigenvalue weighted by Gasteiger charge is 2.18. The Morgan fingerprint density at radius 1 is 1.04 bits per heavy atom. The van der Waals surface area contributed by atoms with Gasteiger partial charge in [0.25, 0.3) is 0 Å². The number of benzene rings is 1. The molecule has 0 amide bonds. The van der Waals surface area contributed by atoms with Crippen molar-refractivity contribution in [2.75, 3.05) is 54.8 Å². The van der Waals surface area contributed by atoms with Crippen LogP contribution in [0.5, 0.6) is 0 Å². The molecule has 25 heavy (non-hydrogen) atoms. The summed E-state index contributed by atoms with van der Waals surface area (Å²) in [5.74, 6) is 1.16. The molecule has 0 bridgehead atoms. The summed E-state index contributed by atoms with van der Waals surface area (Å²) in [6.07, 6.45) is 1.48. The van der Waals surface area contributed by atoms with Gasteiger partial charge in [-0.2, -0.15) is 0 Å². The van der Waals surface area contributed by atoms with Crippen LogP contribution >= 0.6 is 0 Å². The lowest BCUT2D eigenvalue weighted by atomic mass is 10.2. The molecule has 1 aromatic carbocycles. The smallest absolute Gasteiger partial charge is 0.148 e. The molecule has 6 nitrogen and oxygen atoms in total. The van der Waals surface area contributed by atoms with E-state index in [0.29, 0.717) is 17.2 Å². The summed E-state index contributed by atoms with van der Waals surface area (Å²) in [7, 11) is 0. The van der Waals surface area contributed by atoms with E-state index < -0.39 is 0 Å². The maximum atomic E-state index is 14.6. The molecular formula is C18H25FN6. The van der Waals surface area contributed by atoms with Gasteiger partial charge in [-0.15, -0.1) is 0 Å². The second-order valence-electron chi connectivity index (χ2n) is 6.03. The molecule has 134 valence electrons. The van der Waals surface area contributed by atoms with Gasteiger partial charge in [0.2, 0.25) is 0 Å². The molecule has 1 aliphatic rings. The first-order valence-corrected chi connectivity index (χ1v) is 8.79. The minimum absolute atomic E-state index is 0.212. The Morgan fingerprint density at radius 2 is 1.80 bits per heavy atom. The van der Waals surface area contributed by atoms with Crippen LogP contribution in [0, 0.1) is 5.82 Å². The maximum absolute atomic E-state index is 14.6. The van der Waals surface area contributed by atoms with Crippen molar-refractivity contribution in [3.05, 3.63) is 36.4 Å². The zero-order valence-corrected chi connectivity index (χ0v) is 14.8. The molecule has 2 aromatic rings. The lowest BCUT2D eigenvalue weighted by molar-refractivity contribution is 0.270. The lowest BCUT2D eigenvalue weighted by Gasteiger charge is -2.35. The quantitative estimate of drug-likeness (QED) is 0.840. The highest BCUT2D eigenvalue weighted by Crippen LogP contribution is 2.25. The first-order chi connectivity index (χ1) is 12.2. The molecule has 3 rings (SSSR count). The van der Waals surface area contributed by atoms with E-state index in [1.807, 2.05) is 19.1 Å². The second kappa shape index (κ2) is 8.11. The van der Waals surface area contributed by atoms with Crippen molar-refractivity contribution in [1.29, 1.82) is 0 Å². The van der Waals surface area contributed by atoms with E-state index in [2.05, 4.69) is 37.3 Å². The zero-order valence-electron chi connectivity index (χ0n) is 14.8. The fourth-order valence-corrected chi connectivity index (χ4v) is 3.00. The molecule has 1 aliphatic heterocycles. The Kier molecular flexibility index (Phi) is 5.65. The predicted octanol–water partition coefficient (Wildman–Crippen LogP) is 2.93. The van der Waals surface area contributed by atoms with Gasteiger partial charge in [-0.1, -0.05) is 6.92 Å². The van der Waals surface area contributed by atoms with Crippen molar-refractivity contribution < 1.29 is 4.39 Å². The Balaban J connectivity index is 1.69. The zero-order chi connectivity index (χ0) is 17.6. The lowest BCUT2D eigenvalue weighted by Crippen LogP contribution is -2.46. The van der Waals surface area contributed by atoms with E-state index in [0.717, 1.165) is 45.1 Å². The van der Waals surface area contributed by atoms with Crippen LogP contribution in [0.25, 0.3) is 0 Å². The van der Waals surface area contributed by atoms with Crippen molar-refractivity contribution in [2.45, 2.75) is 13.8 Å². The van der Waals surface area contributed by atoms with Gasteiger partial charge in [-0.05, 0) is 31.7 Å². The van der Waals surface area contributed by atoms with E-state index in [-0.39, 0.29) is 5.82 Å². The third-order valence-corrected chi connectivity index (χ3v) is 4.41. The van der Waals surface area contributed by atoms with Crippen LogP contribution in [-0.4, -0.2) is 54.1 Å². The average Bonchev–Trinajstić information content (AvgIpc) is 2.63. The van der Waals surface area contributed by atoms with E-state index >= 15 is 0 Å². The average molecular weight is 344 g/mol. The van der Waals surface area contributed by atoms with Gasteiger partial charge in [-0.25, -0.2) is 14.4 Å². The van der Waals surface area contributed by atoms with Crippen LogP contribution in [0.15, 0.2) is 30.6 Å². The SMILES string of the molecule is CCNc1cc(Nc2ccc(N3CCN(CC)CC3)c(F)c2)ncn1. The summed E-state index contributed by atoms with van der Waals surface area (Å²) < 4.78 is 14.6. The van der Waals surface area contributed by atoms with E-state index in [1.54, 1.807) is 6.07 Å². The molecule has 1 saturated heterocycles. The van der Waals surface area contributed by atoms with Gasteiger partial charge >= 0.3 is 0 Å². The molecule has 1 fully saturated rings. The maximum Gasteiger partial charge on any atom is 0.148 e. The van der Waals surface area contributed by atoms with Crippen LogP contribution in [-0.2, 0) is 0 Å². The van der Waals surface area contributed by atoms with Crippen molar-refractivity contribution in [1.82, 2.24) is 14.9 Å². The summed E-state index contributed by atoms with van der Waals surface area (Å²) >= 11 is 0. The molecule has 0 radical (unpaired) electrons. The Labute approximate surface area is 148 Å². The Bertz CT molecular complexity index is 700. The number of anilines is 4. The third-order valence-electron chi connectivity index (χ3n) is 4.41. The molecule has 7 heteroatoms.